The second kappa shape index (κ2) is 6.14. The fourth-order valence-electron chi connectivity index (χ4n) is 4.34. The van der Waals surface area contributed by atoms with E-state index in [-0.39, 0.29) is 0 Å². The lowest BCUT2D eigenvalue weighted by Crippen LogP contribution is -2.44. The largest absolute Gasteiger partial charge is 0.497 e. The van der Waals surface area contributed by atoms with Gasteiger partial charge in [0.2, 0.25) is 0 Å². The van der Waals surface area contributed by atoms with E-state index in [4.69, 9.17) is 4.74 Å². The molecule has 2 unspecified atom stereocenters. The van der Waals surface area contributed by atoms with Gasteiger partial charge in [0.25, 0.3) is 0 Å². The molecule has 3 heteroatoms. The van der Waals surface area contributed by atoms with Crippen LogP contribution in [0, 0.1) is 0 Å². The van der Waals surface area contributed by atoms with Crippen LogP contribution in [-0.2, 0) is 6.42 Å². The average Bonchev–Trinajstić information content (AvgIpc) is 2.75. The molecule has 1 fully saturated rings. The molecule has 0 N–H and O–H groups in total. The van der Waals surface area contributed by atoms with E-state index < -0.39 is 0 Å². The molecule has 1 saturated heterocycles. The van der Waals surface area contributed by atoms with E-state index in [0.29, 0.717) is 12.1 Å². The summed E-state index contributed by atoms with van der Waals surface area (Å²) in [5, 5.41) is 0. The Labute approximate surface area is 144 Å². The summed E-state index contributed by atoms with van der Waals surface area (Å²) in [6, 6.07) is 16.7. The summed E-state index contributed by atoms with van der Waals surface area (Å²) in [7, 11) is 6.17. The van der Waals surface area contributed by atoms with Crippen molar-refractivity contribution >= 4 is 5.69 Å². The van der Waals surface area contributed by atoms with Crippen molar-refractivity contribution in [1.29, 1.82) is 0 Å². The van der Waals surface area contributed by atoms with Gasteiger partial charge in [-0.1, -0.05) is 24.3 Å². The van der Waals surface area contributed by atoms with Crippen molar-refractivity contribution in [3.05, 3.63) is 59.2 Å². The summed E-state index contributed by atoms with van der Waals surface area (Å²) >= 11 is 0. The fraction of sp³-hybridized carbons (Fsp3) is 0.429. The third-order valence-corrected chi connectivity index (χ3v) is 5.70. The van der Waals surface area contributed by atoms with E-state index in [1.54, 1.807) is 7.11 Å². The van der Waals surface area contributed by atoms with E-state index in [2.05, 4.69) is 66.4 Å². The Kier molecular flexibility index (Phi) is 3.97. The predicted molar refractivity (Wildman–Crippen MR) is 99.0 cm³/mol. The lowest BCUT2D eigenvalue weighted by Gasteiger charge is -2.43. The molecule has 0 saturated carbocycles. The van der Waals surface area contributed by atoms with Gasteiger partial charge in [-0.25, -0.2) is 0 Å². The second-order valence-electron chi connectivity index (χ2n) is 7.22. The first kappa shape index (κ1) is 15.5. The molecule has 2 aliphatic heterocycles. The molecule has 2 aromatic rings. The number of methoxy groups -OCH3 is 1. The molecule has 2 aromatic carbocycles. The van der Waals surface area contributed by atoms with Crippen molar-refractivity contribution in [3.8, 4) is 5.75 Å². The summed E-state index contributed by atoms with van der Waals surface area (Å²) in [4.78, 5) is 5.01. The average molecular weight is 322 g/mol. The van der Waals surface area contributed by atoms with Crippen LogP contribution in [0.2, 0.25) is 0 Å². The highest BCUT2D eigenvalue weighted by Crippen LogP contribution is 2.43. The number of rotatable bonds is 2. The zero-order chi connectivity index (χ0) is 16.7. The number of anilines is 1. The van der Waals surface area contributed by atoms with Crippen molar-refractivity contribution in [2.45, 2.75) is 31.3 Å². The summed E-state index contributed by atoms with van der Waals surface area (Å²) in [5.74, 6) is 0.952. The molecule has 2 heterocycles. The molecular formula is C21H26N2O. The third kappa shape index (κ3) is 2.57. The predicted octanol–water partition coefficient (Wildman–Crippen LogP) is 3.87. The minimum atomic E-state index is 0.469. The lowest BCUT2D eigenvalue weighted by molar-refractivity contribution is 0.225. The first-order chi connectivity index (χ1) is 11.7. The van der Waals surface area contributed by atoms with Crippen molar-refractivity contribution in [3.63, 3.8) is 0 Å². The molecule has 0 aromatic heterocycles. The smallest absolute Gasteiger partial charge is 0.119 e. The standard InChI is InChI=1S/C21H26N2O/c1-22(2)17-10-11-23-20-9-8-18(24-3)13-16(20)12-15-6-4-5-7-19(15)21(23)14-17/h4-9,13,17,21H,10-12,14H2,1-3H3. The molecule has 0 amide bonds. The molecule has 0 radical (unpaired) electrons. The summed E-state index contributed by atoms with van der Waals surface area (Å²) in [6.07, 6.45) is 3.40. The van der Waals surface area contributed by atoms with Crippen molar-refractivity contribution in [1.82, 2.24) is 4.90 Å². The summed E-state index contributed by atoms with van der Waals surface area (Å²) < 4.78 is 5.47. The maximum atomic E-state index is 5.47. The number of hydrogen-bond acceptors (Lipinski definition) is 3. The molecule has 24 heavy (non-hydrogen) atoms. The Morgan fingerprint density at radius 3 is 2.71 bits per heavy atom. The molecule has 2 atom stereocenters. The van der Waals surface area contributed by atoms with Gasteiger partial charge in [-0.2, -0.15) is 0 Å². The lowest BCUT2D eigenvalue weighted by atomic mass is 9.89. The van der Waals surface area contributed by atoms with Crippen LogP contribution in [0.1, 0.15) is 35.6 Å². The number of nitrogens with zero attached hydrogens (tertiary/aromatic N) is 2. The van der Waals surface area contributed by atoms with Crippen LogP contribution in [0.25, 0.3) is 0 Å². The van der Waals surface area contributed by atoms with Crippen LogP contribution in [0.15, 0.2) is 42.5 Å². The maximum absolute atomic E-state index is 5.47. The van der Waals surface area contributed by atoms with Crippen LogP contribution in [0.5, 0.6) is 5.75 Å². The molecule has 2 aliphatic rings. The first-order valence-electron chi connectivity index (χ1n) is 8.85. The van der Waals surface area contributed by atoms with Crippen molar-refractivity contribution in [2.24, 2.45) is 0 Å². The zero-order valence-electron chi connectivity index (χ0n) is 14.8. The fourth-order valence-corrected chi connectivity index (χ4v) is 4.34. The third-order valence-electron chi connectivity index (χ3n) is 5.70. The molecule has 126 valence electrons. The Balaban J connectivity index is 1.82. The zero-order valence-corrected chi connectivity index (χ0v) is 14.8. The van der Waals surface area contributed by atoms with Gasteiger partial charge in [-0.05, 0) is 68.2 Å². The van der Waals surface area contributed by atoms with Gasteiger partial charge in [0, 0.05) is 18.3 Å². The van der Waals surface area contributed by atoms with Crippen LogP contribution >= 0.6 is 0 Å². The van der Waals surface area contributed by atoms with E-state index in [1.165, 1.54) is 35.2 Å². The molecular weight excluding hydrogens is 296 g/mol. The molecule has 3 nitrogen and oxygen atoms in total. The molecule has 0 bridgehead atoms. The Hall–Kier alpha value is -2.00. The van der Waals surface area contributed by atoms with Crippen molar-refractivity contribution in [2.75, 3.05) is 32.6 Å². The number of hydrogen-bond donors (Lipinski definition) is 0. The highest BCUT2D eigenvalue weighted by atomic mass is 16.5. The minimum absolute atomic E-state index is 0.469. The Morgan fingerprint density at radius 2 is 1.92 bits per heavy atom. The van der Waals surface area contributed by atoms with Gasteiger partial charge >= 0.3 is 0 Å². The van der Waals surface area contributed by atoms with Gasteiger partial charge in [-0.15, -0.1) is 0 Å². The molecule has 0 aliphatic carbocycles. The van der Waals surface area contributed by atoms with E-state index in [1.807, 2.05) is 0 Å². The van der Waals surface area contributed by atoms with E-state index in [9.17, 15) is 0 Å². The monoisotopic (exact) mass is 322 g/mol. The van der Waals surface area contributed by atoms with Gasteiger partial charge in [0.1, 0.15) is 5.75 Å². The normalized spacial score (nSPS) is 22.4. The topological polar surface area (TPSA) is 15.7 Å². The van der Waals surface area contributed by atoms with Gasteiger partial charge in [0.15, 0.2) is 0 Å². The quantitative estimate of drug-likeness (QED) is 0.835. The van der Waals surface area contributed by atoms with Crippen LogP contribution < -0.4 is 9.64 Å². The Morgan fingerprint density at radius 1 is 1.08 bits per heavy atom. The second-order valence-corrected chi connectivity index (χ2v) is 7.22. The number of benzene rings is 2. The summed E-state index contributed by atoms with van der Waals surface area (Å²) in [5.41, 5.74) is 5.72. The maximum Gasteiger partial charge on any atom is 0.119 e. The van der Waals surface area contributed by atoms with Gasteiger partial charge in [-0.3, -0.25) is 0 Å². The van der Waals surface area contributed by atoms with Crippen LogP contribution in [0.4, 0.5) is 5.69 Å². The first-order valence-corrected chi connectivity index (χ1v) is 8.85. The van der Waals surface area contributed by atoms with Gasteiger partial charge in [0.05, 0.1) is 13.2 Å². The van der Waals surface area contributed by atoms with Crippen molar-refractivity contribution < 1.29 is 4.74 Å². The van der Waals surface area contributed by atoms with Crippen LogP contribution in [-0.4, -0.2) is 38.7 Å². The minimum Gasteiger partial charge on any atom is -0.497 e. The summed E-state index contributed by atoms with van der Waals surface area (Å²) in [6.45, 7) is 1.11. The van der Waals surface area contributed by atoms with E-state index in [0.717, 1.165) is 18.7 Å². The van der Waals surface area contributed by atoms with Gasteiger partial charge < -0.3 is 14.5 Å². The Bertz CT molecular complexity index is 740. The highest BCUT2D eigenvalue weighted by Gasteiger charge is 2.34. The SMILES string of the molecule is COc1ccc2c(c1)Cc1ccccc1C1CC(N(C)C)CCN21. The number of fused-ring (bicyclic) bond motifs is 5. The van der Waals surface area contributed by atoms with E-state index >= 15 is 0 Å². The number of piperidine rings is 1. The molecule has 0 spiro atoms. The highest BCUT2D eigenvalue weighted by molar-refractivity contribution is 5.62. The van der Waals surface area contributed by atoms with Crippen LogP contribution in [0.3, 0.4) is 0 Å². The molecule has 4 rings (SSSR count). The number of ether oxygens (including phenoxy) is 1.